The monoisotopic (exact) mass is 415 g/mol. The zero-order valence-corrected chi connectivity index (χ0v) is 19.1. The number of H-pyrrole nitrogens is 1. The molecule has 4 rings (SSSR count). The van der Waals surface area contributed by atoms with Crippen molar-refractivity contribution in [2.45, 2.75) is 52.5 Å². The lowest BCUT2D eigenvalue weighted by Gasteiger charge is -2.37. The zero-order valence-electron chi connectivity index (χ0n) is 19.1. The van der Waals surface area contributed by atoms with Gasteiger partial charge in [-0.25, -0.2) is 0 Å². The molecule has 4 heteroatoms. The number of aryl methyl sites for hydroxylation is 1. The molecule has 1 amide bonds. The molecule has 1 aromatic heterocycles. The fraction of sp³-hybridized carbons (Fsp3) is 0.370. The van der Waals surface area contributed by atoms with Crippen molar-refractivity contribution in [3.05, 3.63) is 71.4 Å². The summed E-state index contributed by atoms with van der Waals surface area (Å²) in [6, 6.07) is 14.0. The molecule has 0 aliphatic carbocycles. The number of amides is 1. The van der Waals surface area contributed by atoms with Crippen LogP contribution in [0, 0.1) is 0 Å². The summed E-state index contributed by atoms with van der Waals surface area (Å²) in [5.41, 5.74) is 6.67. The van der Waals surface area contributed by atoms with Gasteiger partial charge < -0.3 is 10.3 Å². The van der Waals surface area contributed by atoms with Crippen LogP contribution in [0.3, 0.4) is 0 Å². The highest BCUT2D eigenvalue weighted by atomic mass is 16.1. The van der Waals surface area contributed by atoms with E-state index < -0.39 is 0 Å². The molecule has 31 heavy (non-hydrogen) atoms. The summed E-state index contributed by atoms with van der Waals surface area (Å²) in [6.45, 7) is 11.0. The summed E-state index contributed by atoms with van der Waals surface area (Å²) in [5, 5.41) is 4.23. The Balaban J connectivity index is 1.53. The van der Waals surface area contributed by atoms with E-state index in [-0.39, 0.29) is 11.4 Å². The standard InChI is InChI=1S/C27H33N3O/c1-5-6-19-7-9-21(10-8-19)26(31)29-22-11-12-25-23(17-22)24(18-28-25)20-13-15-30(16-14-20)27(2,3)4/h7-13,17-18,28H,5-6,14-16H2,1-4H3,(H,29,31). The Morgan fingerprint density at radius 3 is 2.55 bits per heavy atom. The van der Waals surface area contributed by atoms with Gasteiger partial charge >= 0.3 is 0 Å². The summed E-state index contributed by atoms with van der Waals surface area (Å²) in [6.07, 6.45) is 7.63. The molecule has 0 atom stereocenters. The molecule has 0 saturated heterocycles. The molecule has 0 unspecified atom stereocenters. The predicted molar refractivity (Wildman–Crippen MR) is 131 cm³/mol. The maximum atomic E-state index is 12.7. The summed E-state index contributed by atoms with van der Waals surface area (Å²) in [5.74, 6) is -0.0721. The molecule has 2 aromatic carbocycles. The number of hydrogen-bond acceptors (Lipinski definition) is 2. The number of carbonyl (C=O) groups excluding carboxylic acids is 1. The molecule has 2 N–H and O–H groups in total. The van der Waals surface area contributed by atoms with E-state index in [1.165, 1.54) is 16.7 Å². The second kappa shape index (κ2) is 8.72. The van der Waals surface area contributed by atoms with Gasteiger partial charge in [-0.3, -0.25) is 9.69 Å². The first-order valence-electron chi connectivity index (χ1n) is 11.3. The zero-order chi connectivity index (χ0) is 22.0. The number of anilines is 1. The minimum absolute atomic E-state index is 0.0721. The number of benzene rings is 2. The Bertz CT molecular complexity index is 1100. The van der Waals surface area contributed by atoms with E-state index >= 15 is 0 Å². The molecule has 1 aliphatic rings. The first kappa shape index (κ1) is 21.4. The van der Waals surface area contributed by atoms with Crippen LogP contribution in [0.25, 0.3) is 16.5 Å². The quantitative estimate of drug-likeness (QED) is 0.517. The van der Waals surface area contributed by atoms with E-state index in [1.807, 2.05) is 36.4 Å². The predicted octanol–water partition coefficient (Wildman–Crippen LogP) is 6.26. The normalized spacial score (nSPS) is 15.2. The van der Waals surface area contributed by atoms with Crippen molar-refractivity contribution in [1.29, 1.82) is 0 Å². The van der Waals surface area contributed by atoms with Gasteiger partial charge in [-0.05, 0) is 75.1 Å². The maximum absolute atomic E-state index is 12.7. The van der Waals surface area contributed by atoms with Crippen LogP contribution < -0.4 is 5.32 Å². The SMILES string of the molecule is CCCc1ccc(C(=O)Nc2ccc3[nH]cc(C4=CCN(C(C)(C)C)CC4)c3c2)cc1. The van der Waals surface area contributed by atoms with Gasteiger partial charge in [0, 0.05) is 52.5 Å². The lowest BCUT2D eigenvalue weighted by Crippen LogP contribution is -2.43. The molecular weight excluding hydrogens is 382 g/mol. The first-order valence-corrected chi connectivity index (χ1v) is 11.3. The number of rotatable bonds is 5. The van der Waals surface area contributed by atoms with E-state index in [0.29, 0.717) is 5.56 Å². The molecule has 4 nitrogen and oxygen atoms in total. The van der Waals surface area contributed by atoms with Crippen LogP contribution >= 0.6 is 0 Å². The lowest BCUT2D eigenvalue weighted by atomic mass is 9.95. The number of aromatic nitrogens is 1. The number of carbonyl (C=O) groups is 1. The Kier molecular flexibility index (Phi) is 6.01. The molecule has 0 radical (unpaired) electrons. The summed E-state index contributed by atoms with van der Waals surface area (Å²) < 4.78 is 0. The van der Waals surface area contributed by atoms with Crippen LogP contribution in [0.5, 0.6) is 0 Å². The van der Waals surface area contributed by atoms with Crippen molar-refractivity contribution < 1.29 is 4.79 Å². The lowest BCUT2D eigenvalue weighted by molar-refractivity contribution is 0.102. The van der Waals surface area contributed by atoms with Crippen molar-refractivity contribution in [3.63, 3.8) is 0 Å². The van der Waals surface area contributed by atoms with Gasteiger partial charge in [0.1, 0.15) is 0 Å². The largest absolute Gasteiger partial charge is 0.361 e. The summed E-state index contributed by atoms with van der Waals surface area (Å²) >= 11 is 0. The van der Waals surface area contributed by atoms with Gasteiger partial charge in [0.05, 0.1) is 0 Å². The van der Waals surface area contributed by atoms with Crippen molar-refractivity contribution in [2.75, 3.05) is 18.4 Å². The molecule has 1 aliphatic heterocycles. The van der Waals surface area contributed by atoms with Crippen LogP contribution in [-0.4, -0.2) is 34.4 Å². The van der Waals surface area contributed by atoms with E-state index in [2.05, 4.69) is 61.2 Å². The maximum Gasteiger partial charge on any atom is 0.255 e. The summed E-state index contributed by atoms with van der Waals surface area (Å²) in [4.78, 5) is 18.6. The molecular formula is C27H33N3O. The third kappa shape index (κ3) is 4.75. The van der Waals surface area contributed by atoms with Crippen molar-refractivity contribution in [3.8, 4) is 0 Å². The molecule has 0 spiro atoms. The minimum Gasteiger partial charge on any atom is -0.361 e. The molecule has 0 bridgehead atoms. The highest BCUT2D eigenvalue weighted by molar-refractivity contribution is 6.05. The summed E-state index contributed by atoms with van der Waals surface area (Å²) in [7, 11) is 0. The highest BCUT2D eigenvalue weighted by Crippen LogP contribution is 2.32. The number of aromatic amines is 1. The van der Waals surface area contributed by atoms with Crippen molar-refractivity contribution >= 4 is 28.1 Å². The Morgan fingerprint density at radius 1 is 1.13 bits per heavy atom. The number of hydrogen-bond donors (Lipinski definition) is 2. The van der Waals surface area contributed by atoms with Gasteiger partial charge in [-0.1, -0.05) is 31.6 Å². The number of nitrogens with zero attached hydrogens (tertiary/aromatic N) is 1. The van der Waals surface area contributed by atoms with Crippen molar-refractivity contribution in [2.24, 2.45) is 0 Å². The van der Waals surface area contributed by atoms with Gasteiger partial charge in [0.25, 0.3) is 5.91 Å². The van der Waals surface area contributed by atoms with Crippen molar-refractivity contribution in [1.82, 2.24) is 9.88 Å². The van der Waals surface area contributed by atoms with E-state index in [1.54, 1.807) is 0 Å². The minimum atomic E-state index is -0.0721. The third-order valence-corrected chi connectivity index (χ3v) is 6.20. The van der Waals surface area contributed by atoms with E-state index in [4.69, 9.17) is 0 Å². The van der Waals surface area contributed by atoms with Gasteiger partial charge in [0.2, 0.25) is 0 Å². The van der Waals surface area contributed by atoms with Gasteiger partial charge in [0.15, 0.2) is 0 Å². The van der Waals surface area contributed by atoms with Crippen LogP contribution in [-0.2, 0) is 6.42 Å². The second-order valence-electron chi connectivity index (χ2n) is 9.46. The third-order valence-electron chi connectivity index (χ3n) is 6.20. The average Bonchev–Trinajstić information content (AvgIpc) is 3.17. The fourth-order valence-corrected chi connectivity index (χ4v) is 4.30. The molecule has 3 aromatic rings. The highest BCUT2D eigenvalue weighted by Gasteiger charge is 2.24. The smallest absolute Gasteiger partial charge is 0.255 e. The van der Waals surface area contributed by atoms with E-state index in [9.17, 15) is 4.79 Å². The Labute approximate surface area is 185 Å². The second-order valence-corrected chi connectivity index (χ2v) is 9.46. The van der Waals surface area contributed by atoms with Crippen LogP contribution in [0.1, 0.15) is 62.0 Å². The Hall–Kier alpha value is -2.85. The van der Waals surface area contributed by atoms with Crippen LogP contribution in [0.15, 0.2) is 54.7 Å². The number of nitrogens with one attached hydrogen (secondary N) is 2. The number of fused-ring (bicyclic) bond motifs is 1. The van der Waals surface area contributed by atoms with Gasteiger partial charge in [-0.15, -0.1) is 0 Å². The molecule has 2 heterocycles. The average molecular weight is 416 g/mol. The topological polar surface area (TPSA) is 48.1 Å². The Morgan fingerprint density at radius 2 is 1.90 bits per heavy atom. The molecule has 0 saturated carbocycles. The molecule has 162 valence electrons. The van der Waals surface area contributed by atoms with Crippen LogP contribution in [0.4, 0.5) is 5.69 Å². The fourth-order valence-electron chi connectivity index (χ4n) is 4.30. The molecule has 0 fully saturated rings. The van der Waals surface area contributed by atoms with Crippen LogP contribution in [0.2, 0.25) is 0 Å². The van der Waals surface area contributed by atoms with E-state index in [0.717, 1.165) is 48.9 Å². The first-order chi connectivity index (χ1) is 14.8. The van der Waals surface area contributed by atoms with Gasteiger partial charge in [-0.2, -0.15) is 0 Å².